The van der Waals surface area contributed by atoms with Crippen LogP contribution >= 0.6 is 0 Å². The zero-order valence-electron chi connectivity index (χ0n) is 11.0. The molecule has 0 aromatic heterocycles. The van der Waals surface area contributed by atoms with Crippen molar-refractivity contribution in [3.05, 3.63) is 35.9 Å². The third kappa shape index (κ3) is 4.72. The van der Waals surface area contributed by atoms with Gasteiger partial charge in [-0.1, -0.05) is 18.2 Å². The Morgan fingerprint density at radius 3 is 2.25 bits per heavy atom. The maximum Gasteiger partial charge on any atom is 0.251 e. The number of rotatable bonds is 6. The van der Waals surface area contributed by atoms with E-state index < -0.39 is 0 Å². The molecule has 0 bridgehead atoms. The third-order valence-corrected chi connectivity index (χ3v) is 2.83. The average Bonchev–Trinajstić information content (AvgIpc) is 3.27. The Morgan fingerprint density at radius 1 is 0.950 bits per heavy atom. The molecule has 0 aliphatic heterocycles. The molecule has 0 heterocycles. The Balaban J connectivity index is 1.64. The fraction of sp³-hybridized carbons (Fsp3) is 0.357. The van der Waals surface area contributed by atoms with Gasteiger partial charge in [-0.3, -0.25) is 14.4 Å². The molecule has 20 heavy (non-hydrogen) atoms. The second kappa shape index (κ2) is 6.70. The van der Waals surface area contributed by atoms with Crippen molar-refractivity contribution >= 4 is 17.7 Å². The van der Waals surface area contributed by atoms with Crippen molar-refractivity contribution in [1.29, 1.82) is 0 Å². The molecule has 1 fully saturated rings. The Bertz CT molecular complexity index is 498. The van der Waals surface area contributed by atoms with Crippen LogP contribution < -0.4 is 16.0 Å². The number of carbonyl (C=O) groups excluding carboxylic acids is 3. The van der Waals surface area contributed by atoms with Crippen molar-refractivity contribution < 1.29 is 14.4 Å². The molecule has 106 valence electrons. The molecular formula is C14H17N3O3. The summed E-state index contributed by atoms with van der Waals surface area (Å²) in [5, 5.41) is 7.71. The van der Waals surface area contributed by atoms with Gasteiger partial charge in [-0.25, -0.2) is 0 Å². The third-order valence-electron chi connectivity index (χ3n) is 2.83. The lowest BCUT2D eigenvalue weighted by atomic mass is 10.2. The van der Waals surface area contributed by atoms with Gasteiger partial charge < -0.3 is 16.0 Å². The Labute approximate surface area is 116 Å². The van der Waals surface area contributed by atoms with E-state index in [9.17, 15) is 14.4 Å². The molecule has 1 aliphatic rings. The normalized spacial score (nSPS) is 13.4. The van der Waals surface area contributed by atoms with Crippen LogP contribution in [0.3, 0.4) is 0 Å². The molecule has 1 saturated carbocycles. The SMILES string of the molecule is O=C(CNC(=O)c1ccccc1)NCC(=O)NC1CC1. The summed E-state index contributed by atoms with van der Waals surface area (Å²) in [5.41, 5.74) is 0.492. The van der Waals surface area contributed by atoms with E-state index in [0.29, 0.717) is 5.56 Å². The van der Waals surface area contributed by atoms with Crippen LogP contribution in [0.25, 0.3) is 0 Å². The molecule has 0 saturated heterocycles. The van der Waals surface area contributed by atoms with E-state index >= 15 is 0 Å². The summed E-state index contributed by atoms with van der Waals surface area (Å²) in [6, 6.07) is 8.90. The van der Waals surface area contributed by atoms with Gasteiger partial charge in [0.1, 0.15) is 0 Å². The largest absolute Gasteiger partial charge is 0.352 e. The van der Waals surface area contributed by atoms with Gasteiger partial charge in [-0.15, -0.1) is 0 Å². The minimum Gasteiger partial charge on any atom is -0.352 e. The Morgan fingerprint density at radius 2 is 1.60 bits per heavy atom. The minimum absolute atomic E-state index is 0.0590. The first-order valence-corrected chi connectivity index (χ1v) is 6.54. The van der Waals surface area contributed by atoms with Crippen LogP contribution in [0.4, 0.5) is 0 Å². The number of amides is 3. The molecule has 6 heteroatoms. The Hall–Kier alpha value is -2.37. The number of carbonyl (C=O) groups is 3. The van der Waals surface area contributed by atoms with Crippen LogP contribution in [-0.4, -0.2) is 36.9 Å². The molecule has 2 rings (SSSR count). The van der Waals surface area contributed by atoms with E-state index in [1.54, 1.807) is 24.3 Å². The monoisotopic (exact) mass is 275 g/mol. The predicted molar refractivity (Wildman–Crippen MR) is 72.9 cm³/mol. The van der Waals surface area contributed by atoms with Crippen molar-refractivity contribution in [2.45, 2.75) is 18.9 Å². The lowest BCUT2D eigenvalue weighted by molar-refractivity contribution is -0.125. The molecule has 0 atom stereocenters. The minimum atomic E-state index is -0.389. The van der Waals surface area contributed by atoms with Crippen molar-refractivity contribution in [1.82, 2.24) is 16.0 Å². The van der Waals surface area contributed by atoms with Gasteiger partial charge in [0.05, 0.1) is 13.1 Å². The smallest absolute Gasteiger partial charge is 0.251 e. The highest BCUT2D eigenvalue weighted by Crippen LogP contribution is 2.18. The molecule has 1 aromatic rings. The molecular weight excluding hydrogens is 258 g/mol. The van der Waals surface area contributed by atoms with Gasteiger partial charge in [0.2, 0.25) is 11.8 Å². The predicted octanol–water partition coefficient (Wildman–Crippen LogP) is -0.189. The van der Waals surface area contributed by atoms with E-state index in [1.165, 1.54) is 0 Å². The molecule has 3 amide bonds. The second-order valence-corrected chi connectivity index (χ2v) is 4.67. The van der Waals surface area contributed by atoms with Crippen molar-refractivity contribution in [3.8, 4) is 0 Å². The fourth-order valence-electron chi connectivity index (χ4n) is 1.60. The number of nitrogens with one attached hydrogen (secondary N) is 3. The summed E-state index contributed by atoms with van der Waals surface area (Å²) < 4.78 is 0. The van der Waals surface area contributed by atoms with Crippen LogP contribution in [0, 0.1) is 0 Å². The zero-order chi connectivity index (χ0) is 14.4. The van der Waals surface area contributed by atoms with Gasteiger partial charge in [0.15, 0.2) is 0 Å². The van der Waals surface area contributed by atoms with Crippen LogP contribution in [0.2, 0.25) is 0 Å². The topological polar surface area (TPSA) is 87.3 Å². The molecule has 0 spiro atoms. The van der Waals surface area contributed by atoms with Crippen molar-refractivity contribution in [2.24, 2.45) is 0 Å². The lowest BCUT2D eigenvalue weighted by Gasteiger charge is -2.07. The van der Waals surface area contributed by atoms with Gasteiger partial charge in [0.25, 0.3) is 5.91 Å². The highest BCUT2D eigenvalue weighted by Gasteiger charge is 2.23. The van der Waals surface area contributed by atoms with Crippen LogP contribution in [0.1, 0.15) is 23.2 Å². The summed E-state index contributed by atoms with van der Waals surface area (Å²) in [6.45, 7) is -0.207. The summed E-state index contributed by atoms with van der Waals surface area (Å²) in [4.78, 5) is 34.5. The maximum absolute atomic E-state index is 11.7. The van der Waals surface area contributed by atoms with E-state index in [4.69, 9.17) is 0 Å². The standard InChI is InChI=1S/C14H17N3O3/c18-12(15-9-13(19)17-11-6-7-11)8-16-14(20)10-4-2-1-3-5-10/h1-5,11H,6-9H2,(H,15,18)(H,16,20)(H,17,19). The van der Waals surface area contributed by atoms with Crippen molar-refractivity contribution in [3.63, 3.8) is 0 Å². The summed E-state index contributed by atoms with van der Waals surface area (Å²) in [5.74, 6) is -0.904. The van der Waals surface area contributed by atoms with Crippen LogP contribution in [0.15, 0.2) is 30.3 Å². The highest BCUT2D eigenvalue weighted by molar-refractivity contribution is 5.96. The highest BCUT2D eigenvalue weighted by atomic mass is 16.2. The molecule has 1 aliphatic carbocycles. The van der Waals surface area contributed by atoms with E-state index in [2.05, 4.69) is 16.0 Å². The summed E-state index contributed by atoms with van der Waals surface area (Å²) in [6.07, 6.45) is 2.01. The van der Waals surface area contributed by atoms with Gasteiger partial charge in [-0.05, 0) is 25.0 Å². The van der Waals surface area contributed by atoms with Crippen LogP contribution in [-0.2, 0) is 9.59 Å². The maximum atomic E-state index is 11.7. The molecule has 3 N–H and O–H groups in total. The zero-order valence-corrected chi connectivity index (χ0v) is 11.0. The Kier molecular flexibility index (Phi) is 4.70. The number of benzene rings is 1. The number of hydrogen-bond acceptors (Lipinski definition) is 3. The average molecular weight is 275 g/mol. The molecule has 0 unspecified atom stereocenters. The van der Waals surface area contributed by atoms with Crippen LogP contribution in [0.5, 0.6) is 0 Å². The first kappa shape index (κ1) is 14.0. The quantitative estimate of drug-likeness (QED) is 0.672. The van der Waals surface area contributed by atoms with Gasteiger partial charge in [-0.2, -0.15) is 0 Å². The van der Waals surface area contributed by atoms with E-state index in [1.807, 2.05) is 6.07 Å². The fourth-order valence-corrected chi connectivity index (χ4v) is 1.60. The van der Waals surface area contributed by atoms with Gasteiger partial charge in [0, 0.05) is 11.6 Å². The second-order valence-electron chi connectivity index (χ2n) is 4.67. The van der Waals surface area contributed by atoms with E-state index in [0.717, 1.165) is 12.8 Å². The first-order chi connectivity index (χ1) is 9.65. The molecule has 6 nitrogen and oxygen atoms in total. The van der Waals surface area contributed by atoms with Crippen molar-refractivity contribution in [2.75, 3.05) is 13.1 Å². The summed E-state index contributed by atoms with van der Waals surface area (Å²) in [7, 11) is 0. The molecule has 0 radical (unpaired) electrons. The summed E-state index contributed by atoms with van der Waals surface area (Å²) >= 11 is 0. The lowest BCUT2D eigenvalue weighted by Crippen LogP contribution is -2.42. The number of hydrogen-bond donors (Lipinski definition) is 3. The van der Waals surface area contributed by atoms with E-state index in [-0.39, 0.29) is 36.9 Å². The van der Waals surface area contributed by atoms with Gasteiger partial charge >= 0.3 is 0 Å². The molecule has 1 aromatic carbocycles. The first-order valence-electron chi connectivity index (χ1n) is 6.54.